The standard InChI is InChI=1S/C21H19FN2O2S/c1-15-3-6-18(7-4-15)27(25,26)24-11-9-16(2)21(10-12-24)14-23-20-8-5-17(22)13-19(20)21/h3-9,11,13-14H,2,10,12H2,1H3. The van der Waals surface area contributed by atoms with Crippen LogP contribution in [0.5, 0.6) is 0 Å². The number of aliphatic imine (C=N–C) groups is 1. The molecule has 4 rings (SSSR count). The summed E-state index contributed by atoms with van der Waals surface area (Å²) in [4.78, 5) is 4.65. The molecule has 2 aliphatic rings. The first-order valence-electron chi connectivity index (χ1n) is 8.64. The van der Waals surface area contributed by atoms with Gasteiger partial charge in [-0.2, -0.15) is 0 Å². The summed E-state index contributed by atoms with van der Waals surface area (Å²) in [5.41, 5.74) is 2.42. The molecule has 0 aliphatic carbocycles. The summed E-state index contributed by atoms with van der Waals surface area (Å²) >= 11 is 0. The van der Waals surface area contributed by atoms with Crippen molar-refractivity contribution >= 4 is 21.9 Å². The zero-order chi connectivity index (χ0) is 19.2. The summed E-state index contributed by atoms with van der Waals surface area (Å²) in [7, 11) is -3.67. The molecule has 0 amide bonds. The molecule has 4 nitrogen and oxygen atoms in total. The van der Waals surface area contributed by atoms with Crippen LogP contribution >= 0.6 is 0 Å². The van der Waals surface area contributed by atoms with Gasteiger partial charge in [-0.3, -0.25) is 9.30 Å². The highest BCUT2D eigenvalue weighted by molar-refractivity contribution is 7.89. The van der Waals surface area contributed by atoms with Gasteiger partial charge in [0.2, 0.25) is 0 Å². The molecule has 0 radical (unpaired) electrons. The lowest BCUT2D eigenvalue weighted by atomic mass is 9.74. The third-order valence-corrected chi connectivity index (χ3v) is 7.02. The monoisotopic (exact) mass is 382 g/mol. The zero-order valence-corrected chi connectivity index (χ0v) is 15.7. The van der Waals surface area contributed by atoms with Crippen molar-refractivity contribution in [3.05, 3.63) is 83.8 Å². The number of aryl methyl sites for hydroxylation is 1. The molecule has 2 heterocycles. The van der Waals surface area contributed by atoms with E-state index in [1.54, 1.807) is 42.6 Å². The first kappa shape index (κ1) is 17.7. The average molecular weight is 382 g/mol. The van der Waals surface area contributed by atoms with Gasteiger partial charge in [-0.05, 0) is 60.9 Å². The number of benzene rings is 2. The SMILES string of the molecule is C=C1C=CN(S(=O)(=O)c2ccc(C)cc2)CCC12C=Nc1ccc(F)cc12. The van der Waals surface area contributed by atoms with Crippen LogP contribution < -0.4 is 0 Å². The maximum absolute atomic E-state index is 13.8. The Hall–Kier alpha value is -2.73. The highest BCUT2D eigenvalue weighted by Crippen LogP contribution is 2.45. The number of allylic oxidation sites excluding steroid dienone is 2. The highest BCUT2D eigenvalue weighted by Gasteiger charge is 2.41. The number of hydrogen-bond donors (Lipinski definition) is 0. The van der Waals surface area contributed by atoms with Gasteiger partial charge in [0.1, 0.15) is 5.82 Å². The first-order chi connectivity index (χ1) is 12.8. The van der Waals surface area contributed by atoms with Crippen LogP contribution in [0.4, 0.5) is 10.1 Å². The van der Waals surface area contributed by atoms with E-state index in [1.807, 2.05) is 6.92 Å². The third-order valence-electron chi connectivity index (χ3n) is 5.23. The molecule has 2 aromatic rings. The van der Waals surface area contributed by atoms with Gasteiger partial charge >= 0.3 is 0 Å². The molecular weight excluding hydrogens is 363 g/mol. The Balaban J connectivity index is 1.70. The van der Waals surface area contributed by atoms with Crippen molar-refractivity contribution < 1.29 is 12.8 Å². The van der Waals surface area contributed by atoms with Crippen molar-refractivity contribution in [2.24, 2.45) is 4.99 Å². The summed E-state index contributed by atoms with van der Waals surface area (Å²) in [6.45, 7) is 6.27. The topological polar surface area (TPSA) is 49.7 Å². The second kappa shape index (κ2) is 6.16. The normalized spacial score (nSPS) is 21.6. The summed E-state index contributed by atoms with van der Waals surface area (Å²) in [6, 6.07) is 11.2. The van der Waals surface area contributed by atoms with Crippen LogP contribution in [0.25, 0.3) is 0 Å². The second-order valence-electron chi connectivity index (χ2n) is 6.91. The maximum atomic E-state index is 13.8. The molecular formula is C21H19FN2O2S. The molecule has 0 fully saturated rings. The summed E-state index contributed by atoms with van der Waals surface area (Å²) in [6.07, 6.45) is 5.41. The molecule has 0 saturated carbocycles. The maximum Gasteiger partial charge on any atom is 0.263 e. The van der Waals surface area contributed by atoms with Crippen molar-refractivity contribution in [3.63, 3.8) is 0 Å². The molecule has 0 bridgehead atoms. The van der Waals surface area contributed by atoms with E-state index in [1.165, 1.54) is 22.6 Å². The predicted octanol–water partition coefficient (Wildman–Crippen LogP) is 4.25. The van der Waals surface area contributed by atoms with E-state index in [0.717, 1.165) is 11.1 Å². The average Bonchev–Trinajstić information content (AvgIpc) is 2.90. The van der Waals surface area contributed by atoms with E-state index in [0.29, 0.717) is 17.7 Å². The lowest BCUT2D eigenvalue weighted by Crippen LogP contribution is -2.32. The molecule has 0 aromatic heterocycles. The zero-order valence-electron chi connectivity index (χ0n) is 14.9. The van der Waals surface area contributed by atoms with Crippen LogP contribution in [0.1, 0.15) is 17.5 Å². The molecule has 1 atom stereocenters. The number of hydrogen-bond acceptors (Lipinski definition) is 3. The van der Waals surface area contributed by atoms with Gasteiger partial charge in [0.15, 0.2) is 0 Å². The minimum Gasteiger partial charge on any atom is -0.273 e. The predicted molar refractivity (Wildman–Crippen MR) is 104 cm³/mol. The van der Waals surface area contributed by atoms with Gasteiger partial charge in [-0.25, -0.2) is 12.8 Å². The van der Waals surface area contributed by atoms with Crippen LogP contribution in [-0.4, -0.2) is 25.5 Å². The van der Waals surface area contributed by atoms with Crippen molar-refractivity contribution in [2.75, 3.05) is 6.54 Å². The fourth-order valence-corrected chi connectivity index (χ4v) is 4.88. The lowest BCUT2D eigenvalue weighted by Gasteiger charge is -2.28. The summed E-state index contributed by atoms with van der Waals surface area (Å²) < 4.78 is 41.2. The van der Waals surface area contributed by atoms with Crippen LogP contribution in [0.15, 0.2) is 76.8 Å². The molecule has 27 heavy (non-hydrogen) atoms. The molecule has 1 unspecified atom stereocenters. The largest absolute Gasteiger partial charge is 0.273 e. The lowest BCUT2D eigenvalue weighted by molar-refractivity contribution is 0.473. The minimum absolute atomic E-state index is 0.242. The second-order valence-corrected chi connectivity index (χ2v) is 8.80. The molecule has 0 N–H and O–H groups in total. The Kier molecular flexibility index (Phi) is 4.03. The third kappa shape index (κ3) is 2.80. The Bertz CT molecular complexity index is 1090. The molecule has 138 valence electrons. The van der Waals surface area contributed by atoms with Crippen molar-refractivity contribution in [2.45, 2.75) is 23.7 Å². The van der Waals surface area contributed by atoms with E-state index < -0.39 is 15.4 Å². The minimum atomic E-state index is -3.67. The van der Waals surface area contributed by atoms with E-state index in [-0.39, 0.29) is 17.3 Å². The summed E-state index contributed by atoms with van der Waals surface area (Å²) in [5.74, 6) is -0.344. The number of nitrogens with zero attached hydrogens (tertiary/aromatic N) is 2. The van der Waals surface area contributed by atoms with Crippen LogP contribution in [0.2, 0.25) is 0 Å². The number of rotatable bonds is 2. The van der Waals surface area contributed by atoms with Crippen molar-refractivity contribution in [1.82, 2.24) is 4.31 Å². The van der Waals surface area contributed by atoms with Crippen LogP contribution in [-0.2, 0) is 15.4 Å². The molecule has 2 aromatic carbocycles. The van der Waals surface area contributed by atoms with Crippen molar-refractivity contribution in [1.29, 1.82) is 0 Å². The van der Waals surface area contributed by atoms with Gasteiger partial charge < -0.3 is 0 Å². The molecule has 1 spiro atoms. The number of fused-ring (bicyclic) bond motifs is 2. The Morgan fingerprint density at radius 3 is 2.67 bits per heavy atom. The molecule has 0 saturated heterocycles. The highest BCUT2D eigenvalue weighted by atomic mass is 32.2. The van der Waals surface area contributed by atoms with Gasteiger partial charge in [0.05, 0.1) is 16.0 Å². The van der Waals surface area contributed by atoms with Crippen LogP contribution in [0, 0.1) is 12.7 Å². The Morgan fingerprint density at radius 1 is 1.19 bits per heavy atom. The first-order valence-corrected chi connectivity index (χ1v) is 10.1. The number of halogens is 1. The Morgan fingerprint density at radius 2 is 1.93 bits per heavy atom. The Labute approximate surface area is 158 Å². The fraction of sp³-hybridized carbons (Fsp3) is 0.190. The van der Waals surface area contributed by atoms with Gasteiger partial charge in [-0.1, -0.05) is 24.3 Å². The number of sulfonamides is 1. The van der Waals surface area contributed by atoms with Gasteiger partial charge in [-0.15, -0.1) is 0 Å². The quantitative estimate of drug-likeness (QED) is 0.780. The van der Waals surface area contributed by atoms with Crippen molar-refractivity contribution in [3.8, 4) is 0 Å². The van der Waals surface area contributed by atoms with Crippen LogP contribution in [0.3, 0.4) is 0 Å². The smallest absolute Gasteiger partial charge is 0.263 e. The van der Waals surface area contributed by atoms with E-state index >= 15 is 0 Å². The summed E-state index contributed by atoms with van der Waals surface area (Å²) in [5, 5.41) is 0. The van der Waals surface area contributed by atoms with Gasteiger partial charge in [0.25, 0.3) is 10.0 Å². The molecule has 2 aliphatic heterocycles. The molecule has 6 heteroatoms. The van der Waals surface area contributed by atoms with E-state index in [4.69, 9.17) is 0 Å². The van der Waals surface area contributed by atoms with E-state index in [9.17, 15) is 12.8 Å². The van der Waals surface area contributed by atoms with E-state index in [2.05, 4.69) is 11.6 Å². The van der Waals surface area contributed by atoms with Gasteiger partial charge in [0, 0.05) is 19.0 Å². The fourth-order valence-electron chi connectivity index (χ4n) is 3.57.